The van der Waals surface area contributed by atoms with Crippen LogP contribution in [-0.4, -0.2) is 4.57 Å². The molecule has 0 fully saturated rings. The summed E-state index contributed by atoms with van der Waals surface area (Å²) in [4.78, 5) is 2.36. The van der Waals surface area contributed by atoms with Crippen molar-refractivity contribution in [2.45, 2.75) is 0 Å². The molecule has 2 heteroatoms. The number of fused-ring (bicyclic) bond motifs is 4. The Kier molecular flexibility index (Phi) is 6.84. The third kappa shape index (κ3) is 4.83. The van der Waals surface area contributed by atoms with Gasteiger partial charge in [0.15, 0.2) is 0 Å². The van der Waals surface area contributed by atoms with Crippen LogP contribution in [0.2, 0.25) is 0 Å². The van der Waals surface area contributed by atoms with E-state index in [2.05, 4.69) is 204 Å². The molecule has 0 unspecified atom stereocenters. The maximum absolute atomic E-state index is 2.46. The minimum atomic E-state index is 1.11. The lowest BCUT2D eigenvalue weighted by molar-refractivity contribution is 1.19. The smallest absolute Gasteiger partial charge is 0.0562 e. The van der Waals surface area contributed by atoms with Gasteiger partial charge in [-0.1, -0.05) is 146 Å². The monoisotopic (exact) mass is 612 g/mol. The Morgan fingerprint density at radius 3 is 1.54 bits per heavy atom. The Morgan fingerprint density at radius 2 is 0.812 bits per heavy atom. The Balaban J connectivity index is 1.29. The molecule has 0 saturated heterocycles. The number of rotatable bonds is 6. The van der Waals surface area contributed by atoms with E-state index in [0.717, 1.165) is 17.1 Å². The van der Waals surface area contributed by atoms with E-state index in [1.807, 2.05) is 0 Å². The van der Waals surface area contributed by atoms with Gasteiger partial charge in [-0.05, 0) is 76.2 Å². The topological polar surface area (TPSA) is 8.17 Å². The van der Waals surface area contributed by atoms with Gasteiger partial charge in [0.2, 0.25) is 0 Å². The van der Waals surface area contributed by atoms with Gasteiger partial charge in [-0.15, -0.1) is 0 Å². The first-order chi connectivity index (χ1) is 23.8. The van der Waals surface area contributed by atoms with Gasteiger partial charge in [0.1, 0.15) is 0 Å². The molecule has 2 nitrogen and oxygen atoms in total. The van der Waals surface area contributed by atoms with E-state index in [1.54, 1.807) is 0 Å². The molecule has 0 saturated carbocycles. The average Bonchev–Trinajstić information content (AvgIpc) is 3.49. The van der Waals surface area contributed by atoms with Crippen molar-refractivity contribution in [1.29, 1.82) is 0 Å². The molecule has 0 bridgehead atoms. The van der Waals surface area contributed by atoms with E-state index in [0.29, 0.717) is 0 Å². The Labute approximate surface area is 280 Å². The van der Waals surface area contributed by atoms with Gasteiger partial charge in [-0.3, -0.25) is 0 Å². The molecule has 9 aromatic rings. The zero-order valence-electron chi connectivity index (χ0n) is 26.4. The summed E-state index contributed by atoms with van der Waals surface area (Å²) >= 11 is 0. The number of para-hydroxylation sites is 1. The van der Waals surface area contributed by atoms with Gasteiger partial charge in [-0.2, -0.15) is 0 Å². The molecule has 8 aromatic carbocycles. The third-order valence-corrected chi connectivity index (χ3v) is 9.37. The quantitative estimate of drug-likeness (QED) is 0.181. The van der Waals surface area contributed by atoms with Crippen molar-refractivity contribution in [3.8, 4) is 27.9 Å². The standard InChI is InChI=1S/C46H32N2/c1-4-13-33(14-5-1)35-23-26-39(27-24-35)47(38-19-8-3-9-20-38)40-28-30-43-42-29-25-37(34-15-6-2-7-16-34)31-45(42)48(46(43)32-40)44-22-12-18-36-17-10-11-21-41(36)44/h1-32H. The molecular formula is C46H32N2. The lowest BCUT2D eigenvalue weighted by Gasteiger charge is -2.26. The molecule has 1 aromatic heterocycles. The first kappa shape index (κ1) is 27.9. The van der Waals surface area contributed by atoms with Crippen molar-refractivity contribution < 1.29 is 0 Å². The summed E-state index contributed by atoms with van der Waals surface area (Å²) < 4.78 is 2.46. The van der Waals surface area contributed by atoms with Crippen molar-refractivity contribution >= 4 is 49.6 Å². The van der Waals surface area contributed by atoms with E-state index in [-0.39, 0.29) is 0 Å². The van der Waals surface area contributed by atoms with Gasteiger partial charge in [0, 0.05) is 33.2 Å². The summed E-state index contributed by atoms with van der Waals surface area (Å²) in [5.41, 5.74) is 11.7. The lowest BCUT2D eigenvalue weighted by Crippen LogP contribution is -2.10. The molecule has 0 atom stereocenters. The van der Waals surface area contributed by atoms with E-state index >= 15 is 0 Å². The Bertz CT molecular complexity index is 2530. The summed E-state index contributed by atoms with van der Waals surface area (Å²) in [6, 6.07) is 69.9. The summed E-state index contributed by atoms with van der Waals surface area (Å²) in [5.74, 6) is 0. The molecular weight excluding hydrogens is 581 g/mol. The van der Waals surface area contributed by atoms with Gasteiger partial charge in [-0.25, -0.2) is 0 Å². The van der Waals surface area contributed by atoms with E-state index in [9.17, 15) is 0 Å². The largest absolute Gasteiger partial charge is 0.310 e. The first-order valence-electron chi connectivity index (χ1n) is 16.4. The van der Waals surface area contributed by atoms with Crippen LogP contribution in [0.25, 0.3) is 60.5 Å². The molecule has 0 radical (unpaired) electrons. The molecule has 0 spiro atoms. The van der Waals surface area contributed by atoms with Gasteiger partial charge in [0.05, 0.1) is 16.7 Å². The van der Waals surface area contributed by atoms with Crippen LogP contribution in [0, 0.1) is 0 Å². The maximum Gasteiger partial charge on any atom is 0.0562 e. The highest BCUT2D eigenvalue weighted by molar-refractivity contribution is 6.12. The third-order valence-electron chi connectivity index (χ3n) is 9.37. The second-order valence-electron chi connectivity index (χ2n) is 12.2. The molecule has 0 N–H and O–H groups in total. The molecule has 1 heterocycles. The normalized spacial score (nSPS) is 11.3. The zero-order valence-corrected chi connectivity index (χ0v) is 26.4. The Morgan fingerprint density at radius 1 is 0.312 bits per heavy atom. The van der Waals surface area contributed by atoms with Crippen molar-refractivity contribution in [1.82, 2.24) is 4.57 Å². The number of nitrogens with zero attached hydrogens (tertiary/aromatic N) is 2. The second-order valence-corrected chi connectivity index (χ2v) is 12.2. The fourth-order valence-corrected chi connectivity index (χ4v) is 7.08. The van der Waals surface area contributed by atoms with Gasteiger partial charge >= 0.3 is 0 Å². The van der Waals surface area contributed by atoms with Crippen molar-refractivity contribution in [2.75, 3.05) is 4.90 Å². The number of aromatic nitrogens is 1. The van der Waals surface area contributed by atoms with Crippen LogP contribution >= 0.6 is 0 Å². The minimum Gasteiger partial charge on any atom is -0.310 e. The highest BCUT2D eigenvalue weighted by Crippen LogP contribution is 2.41. The average molecular weight is 613 g/mol. The van der Waals surface area contributed by atoms with Crippen LogP contribution in [0.15, 0.2) is 194 Å². The highest BCUT2D eigenvalue weighted by atomic mass is 15.1. The molecule has 0 aliphatic carbocycles. The number of hydrogen-bond donors (Lipinski definition) is 0. The van der Waals surface area contributed by atoms with Crippen molar-refractivity contribution in [3.05, 3.63) is 194 Å². The van der Waals surface area contributed by atoms with E-state index < -0.39 is 0 Å². The van der Waals surface area contributed by atoms with Crippen LogP contribution in [0.5, 0.6) is 0 Å². The molecule has 48 heavy (non-hydrogen) atoms. The highest BCUT2D eigenvalue weighted by Gasteiger charge is 2.19. The first-order valence-corrected chi connectivity index (χ1v) is 16.4. The molecule has 0 aliphatic rings. The van der Waals surface area contributed by atoms with Crippen LogP contribution in [0.3, 0.4) is 0 Å². The van der Waals surface area contributed by atoms with Crippen LogP contribution in [0.4, 0.5) is 17.1 Å². The fraction of sp³-hybridized carbons (Fsp3) is 0. The summed E-state index contributed by atoms with van der Waals surface area (Å²) in [6.45, 7) is 0. The zero-order chi connectivity index (χ0) is 31.9. The van der Waals surface area contributed by atoms with Gasteiger partial charge < -0.3 is 9.47 Å². The fourth-order valence-electron chi connectivity index (χ4n) is 7.08. The predicted octanol–water partition coefficient (Wildman–Crippen LogP) is 12.7. The number of hydrogen-bond acceptors (Lipinski definition) is 1. The molecule has 0 amide bonds. The van der Waals surface area contributed by atoms with E-state index in [1.165, 1.54) is 60.5 Å². The van der Waals surface area contributed by atoms with E-state index in [4.69, 9.17) is 0 Å². The molecule has 0 aliphatic heterocycles. The SMILES string of the molecule is c1ccc(-c2ccc(N(c3ccccc3)c3ccc4c5ccc(-c6ccccc6)cc5n(-c5cccc6ccccc56)c4c3)cc2)cc1. The minimum absolute atomic E-state index is 1.11. The van der Waals surface area contributed by atoms with Crippen LogP contribution < -0.4 is 4.90 Å². The van der Waals surface area contributed by atoms with Crippen LogP contribution in [0.1, 0.15) is 0 Å². The van der Waals surface area contributed by atoms with Crippen LogP contribution in [-0.2, 0) is 0 Å². The lowest BCUT2D eigenvalue weighted by atomic mass is 10.0. The summed E-state index contributed by atoms with van der Waals surface area (Å²) in [5, 5.41) is 4.92. The van der Waals surface area contributed by atoms with Crippen molar-refractivity contribution in [2.24, 2.45) is 0 Å². The number of benzene rings is 8. The molecule has 9 rings (SSSR count). The van der Waals surface area contributed by atoms with Gasteiger partial charge in [0.25, 0.3) is 0 Å². The summed E-state index contributed by atoms with van der Waals surface area (Å²) in [7, 11) is 0. The summed E-state index contributed by atoms with van der Waals surface area (Å²) in [6.07, 6.45) is 0. The number of anilines is 3. The Hall–Kier alpha value is -6.38. The molecule has 226 valence electrons. The second kappa shape index (κ2) is 11.8. The maximum atomic E-state index is 2.46. The predicted molar refractivity (Wildman–Crippen MR) is 204 cm³/mol. The van der Waals surface area contributed by atoms with Crippen molar-refractivity contribution in [3.63, 3.8) is 0 Å².